The zero-order valence-corrected chi connectivity index (χ0v) is 7.94. The van der Waals surface area contributed by atoms with Gasteiger partial charge in [0.2, 0.25) is 5.44 Å². The third-order valence-electron chi connectivity index (χ3n) is 1.77. The Morgan fingerprint density at radius 3 is 2.79 bits per heavy atom. The van der Waals surface area contributed by atoms with Gasteiger partial charge in [-0.3, -0.25) is 4.99 Å². The van der Waals surface area contributed by atoms with Crippen LogP contribution in [0, 0.1) is 0 Å². The molecule has 14 heavy (non-hydrogen) atoms. The molecule has 2 N–H and O–H groups in total. The Kier molecular flexibility index (Phi) is 2.01. The molecule has 0 fully saturated rings. The summed E-state index contributed by atoms with van der Waals surface area (Å²) in [4.78, 5) is 3.93. The number of ether oxygens (including phenoxy) is 1. The lowest BCUT2D eigenvalue weighted by atomic mass is 10.3. The van der Waals surface area contributed by atoms with Crippen molar-refractivity contribution in [2.45, 2.75) is 5.44 Å². The average molecular weight is 212 g/mol. The van der Waals surface area contributed by atoms with Gasteiger partial charge in [-0.25, -0.2) is 13.6 Å². The third-order valence-corrected chi connectivity index (χ3v) is 2.63. The maximum absolute atomic E-state index is 11.0. The van der Waals surface area contributed by atoms with E-state index in [1.807, 2.05) is 0 Å². The van der Waals surface area contributed by atoms with Crippen LogP contribution < -0.4 is 9.88 Å². The smallest absolute Gasteiger partial charge is 0.252 e. The molecule has 0 bridgehead atoms. The molecule has 1 aromatic carbocycles. The van der Waals surface area contributed by atoms with Crippen LogP contribution in [0.2, 0.25) is 0 Å². The minimum Gasteiger partial charge on any atom is -0.465 e. The SMILES string of the molecule is NS(=O)(=O)C1C=Nc2ccccc2O1. The Morgan fingerprint density at radius 2 is 2.07 bits per heavy atom. The number of benzene rings is 1. The highest BCUT2D eigenvalue weighted by Crippen LogP contribution is 2.30. The van der Waals surface area contributed by atoms with Crippen molar-refractivity contribution in [1.29, 1.82) is 0 Å². The average Bonchev–Trinajstić information content (AvgIpc) is 2.16. The van der Waals surface area contributed by atoms with Crippen LogP contribution in [0.15, 0.2) is 29.3 Å². The van der Waals surface area contributed by atoms with Gasteiger partial charge in [0.1, 0.15) is 11.4 Å². The van der Waals surface area contributed by atoms with Gasteiger partial charge in [-0.05, 0) is 12.1 Å². The molecular formula is C8H8N2O3S. The summed E-state index contributed by atoms with van der Waals surface area (Å²) in [5, 5.41) is 4.92. The van der Waals surface area contributed by atoms with E-state index in [1.54, 1.807) is 24.3 Å². The second-order valence-corrected chi connectivity index (χ2v) is 4.46. The van der Waals surface area contributed by atoms with Gasteiger partial charge >= 0.3 is 0 Å². The topological polar surface area (TPSA) is 81.8 Å². The minimum absolute atomic E-state index is 0.425. The second-order valence-electron chi connectivity index (χ2n) is 2.82. The van der Waals surface area contributed by atoms with Crippen molar-refractivity contribution >= 4 is 21.9 Å². The molecule has 1 aromatic rings. The van der Waals surface area contributed by atoms with E-state index in [0.29, 0.717) is 11.4 Å². The number of para-hydroxylation sites is 2. The normalized spacial score (nSPS) is 19.9. The second kappa shape index (κ2) is 3.07. The van der Waals surface area contributed by atoms with Crippen molar-refractivity contribution in [2.24, 2.45) is 10.1 Å². The highest BCUT2D eigenvalue weighted by molar-refractivity contribution is 7.90. The van der Waals surface area contributed by atoms with Crippen LogP contribution in [0.3, 0.4) is 0 Å². The number of rotatable bonds is 1. The van der Waals surface area contributed by atoms with Gasteiger partial charge < -0.3 is 4.74 Å². The molecule has 1 atom stereocenters. The summed E-state index contributed by atoms with van der Waals surface area (Å²) in [6.45, 7) is 0. The monoisotopic (exact) mass is 212 g/mol. The number of primary sulfonamides is 1. The molecule has 5 nitrogen and oxygen atoms in total. The van der Waals surface area contributed by atoms with E-state index in [1.165, 1.54) is 6.21 Å². The largest absolute Gasteiger partial charge is 0.465 e. The van der Waals surface area contributed by atoms with Gasteiger partial charge in [-0.1, -0.05) is 12.1 Å². The van der Waals surface area contributed by atoms with Gasteiger partial charge in [0, 0.05) is 0 Å². The number of nitrogens with zero attached hydrogens (tertiary/aromatic N) is 1. The zero-order chi connectivity index (χ0) is 10.2. The summed E-state index contributed by atoms with van der Waals surface area (Å²) in [6, 6.07) is 6.89. The van der Waals surface area contributed by atoms with Crippen LogP contribution in [0.25, 0.3) is 0 Å². The number of nitrogens with two attached hydrogens (primary N) is 1. The highest BCUT2D eigenvalue weighted by atomic mass is 32.2. The quantitative estimate of drug-likeness (QED) is 0.731. The maximum atomic E-state index is 11.0. The zero-order valence-electron chi connectivity index (χ0n) is 7.12. The lowest BCUT2D eigenvalue weighted by Gasteiger charge is -2.18. The molecule has 0 saturated heterocycles. The molecule has 0 saturated carbocycles. The van der Waals surface area contributed by atoms with Crippen molar-refractivity contribution in [1.82, 2.24) is 0 Å². The molecule has 1 unspecified atom stereocenters. The van der Waals surface area contributed by atoms with Gasteiger partial charge in [0.05, 0.1) is 6.21 Å². The first-order valence-corrected chi connectivity index (χ1v) is 5.50. The molecule has 0 aromatic heterocycles. The van der Waals surface area contributed by atoms with Crippen LogP contribution >= 0.6 is 0 Å². The Morgan fingerprint density at radius 1 is 1.36 bits per heavy atom. The van der Waals surface area contributed by atoms with Crippen LogP contribution in [0.1, 0.15) is 0 Å². The molecule has 1 aliphatic heterocycles. The van der Waals surface area contributed by atoms with Gasteiger partial charge in [-0.2, -0.15) is 0 Å². The molecule has 2 rings (SSSR count). The Labute approximate surface area is 81.3 Å². The van der Waals surface area contributed by atoms with E-state index in [-0.39, 0.29) is 0 Å². The molecule has 1 heterocycles. The summed E-state index contributed by atoms with van der Waals surface area (Å²) in [5.74, 6) is 0.425. The minimum atomic E-state index is -3.74. The summed E-state index contributed by atoms with van der Waals surface area (Å²) in [5.41, 5.74) is -0.579. The number of fused-ring (bicyclic) bond motifs is 1. The van der Waals surface area contributed by atoms with Crippen LogP contribution in [-0.4, -0.2) is 20.1 Å². The lowest BCUT2D eigenvalue weighted by Crippen LogP contribution is -2.35. The van der Waals surface area contributed by atoms with E-state index < -0.39 is 15.5 Å². The lowest BCUT2D eigenvalue weighted by molar-refractivity contribution is 0.332. The van der Waals surface area contributed by atoms with E-state index in [4.69, 9.17) is 9.88 Å². The van der Waals surface area contributed by atoms with Gasteiger partial charge in [0.15, 0.2) is 0 Å². The van der Waals surface area contributed by atoms with Crippen LogP contribution in [0.5, 0.6) is 5.75 Å². The Balaban J connectivity index is 2.40. The van der Waals surface area contributed by atoms with E-state index in [9.17, 15) is 8.42 Å². The number of aliphatic imine (C=N–C) groups is 1. The first kappa shape index (κ1) is 9.17. The number of hydrogen-bond acceptors (Lipinski definition) is 4. The number of hydrogen-bond donors (Lipinski definition) is 1. The van der Waals surface area contributed by atoms with Gasteiger partial charge in [-0.15, -0.1) is 0 Å². The predicted octanol–water partition coefficient (Wildman–Crippen LogP) is 0.396. The molecule has 0 spiro atoms. The van der Waals surface area contributed by atoms with Gasteiger partial charge in [0.25, 0.3) is 10.0 Å². The van der Waals surface area contributed by atoms with E-state index >= 15 is 0 Å². The van der Waals surface area contributed by atoms with Crippen molar-refractivity contribution in [3.05, 3.63) is 24.3 Å². The van der Waals surface area contributed by atoms with E-state index in [2.05, 4.69) is 4.99 Å². The summed E-state index contributed by atoms with van der Waals surface area (Å²) in [6.07, 6.45) is 1.18. The standard InChI is InChI=1S/C8H8N2O3S/c9-14(11,12)8-5-10-6-3-1-2-4-7(6)13-8/h1-5,8H,(H2,9,11,12). The van der Waals surface area contributed by atoms with Crippen molar-refractivity contribution < 1.29 is 13.2 Å². The third kappa shape index (κ3) is 1.61. The molecule has 1 aliphatic rings. The maximum Gasteiger partial charge on any atom is 0.252 e. The first-order chi connectivity index (χ1) is 6.57. The molecule has 0 aliphatic carbocycles. The van der Waals surface area contributed by atoms with Crippen molar-refractivity contribution in [3.63, 3.8) is 0 Å². The highest BCUT2D eigenvalue weighted by Gasteiger charge is 2.25. The molecule has 6 heteroatoms. The Hall–Kier alpha value is -1.40. The fourth-order valence-corrected chi connectivity index (χ4v) is 1.58. The van der Waals surface area contributed by atoms with E-state index in [0.717, 1.165) is 0 Å². The summed E-state index contributed by atoms with van der Waals surface area (Å²) < 4.78 is 27.0. The molecular weight excluding hydrogens is 204 g/mol. The summed E-state index contributed by atoms with van der Waals surface area (Å²) >= 11 is 0. The fourth-order valence-electron chi connectivity index (χ4n) is 1.11. The Bertz CT molecular complexity index is 481. The first-order valence-electron chi connectivity index (χ1n) is 3.89. The molecule has 0 amide bonds. The predicted molar refractivity (Wildman–Crippen MR) is 52.1 cm³/mol. The number of sulfonamides is 1. The molecule has 74 valence electrons. The van der Waals surface area contributed by atoms with Crippen LogP contribution in [-0.2, 0) is 10.0 Å². The van der Waals surface area contributed by atoms with Crippen molar-refractivity contribution in [2.75, 3.05) is 0 Å². The van der Waals surface area contributed by atoms with Crippen molar-refractivity contribution in [3.8, 4) is 5.75 Å². The van der Waals surface area contributed by atoms with Crippen LogP contribution in [0.4, 0.5) is 5.69 Å². The summed E-state index contributed by atoms with van der Waals surface area (Å²) in [7, 11) is -3.74. The molecule has 0 radical (unpaired) electrons. The fraction of sp³-hybridized carbons (Fsp3) is 0.125.